The summed E-state index contributed by atoms with van der Waals surface area (Å²) in [5, 5.41) is 15.2. The summed E-state index contributed by atoms with van der Waals surface area (Å²) in [5.74, 6) is 1.08. The van der Waals surface area contributed by atoms with Crippen LogP contribution >= 0.6 is 0 Å². The maximum absolute atomic E-state index is 8.67. The van der Waals surface area contributed by atoms with E-state index in [-0.39, 0.29) is 6.61 Å². The Morgan fingerprint density at radius 2 is 1.56 bits per heavy atom. The van der Waals surface area contributed by atoms with E-state index < -0.39 is 0 Å². The van der Waals surface area contributed by atoms with Crippen LogP contribution in [0.3, 0.4) is 0 Å². The second kappa shape index (κ2) is 9.07. The first-order valence-corrected chi connectivity index (χ1v) is 8.44. The van der Waals surface area contributed by atoms with Gasteiger partial charge in [0, 0.05) is 0 Å². The highest BCUT2D eigenvalue weighted by Gasteiger charge is 2.08. The molecule has 0 saturated heterocycles. The summed E-state index contributed by atoms with van der Waals surface area (Å²) < 4.78 is 10.7. The van der Waals surface area contributed by atoms with Crippen LogP contribution in [0.1, 0.15) is 5.56 Å². The molecule has 3 aromatic rings. The first-order valence-electron chi connectivity index (χ1n) is 8.44. The Morgan fingerprint density at radius 3 is 2.11 bits per heavy atom. The lowest BCUT2D eigenvalue weighted by molar-refractivity contribution is 0.329. The minimum absolute atomic E-state index is 0.0282. The van der Waals surface area contributed by atoms with Crippen LogP contribution in [0.2, 0.25) is 0 Å². The summed E-state index contributed by atoms with van der Waals surface area (Å²) in [4.78, 5) is 0. The van der Waals surface area contributed by atoms with Gasteiger partial charge in [0.1, 0.15) is 6.07 Å². The molecule has 0 fully saturated rings. The molecule has 3 rings (SSSR count). The molecule has 27 heavy (non-hydrogen) atoms. The van der Waals surface area contributed by atoms with Gasteiger partial charge >= 0.3 is 0 Å². The number of nitriles is 1. The Hall–Kier alpha value is -3.78. The first-order chi connectivity index (χ1) is 13.3. The van der Waals surface area contributed by atoms with Gasteiger partial charge in [-0.2, -0.15) is 10.4 Å². The molecule has 0 aliphatic carbocycles. The predicted molar refractivity (Wildman–Crippen MR) is 107 cm³/mol. The molecule has 0 unspecified atom stereocenters. The highest BCUT2D eigenvalue weighted by atomic mass is 16.5. The molecule has 0 radical (unpaired) electrons. The molecule has 134 valence electrons. The summed E-state index contributed by atoms with van der Waals surface area (Å²) in [6.07, 6.45) is 1.76. The molecule has 0 saturated carbocycles. The molecule has 0 N–H and O–H groups in total. The summed E-state index contributed by atoms with van der Waals surface area (Å²) in [5.41, 5.74) is 2.77. The van der Waals surface area contributed by atoms with Crippen molar-refractivity contribution in [3.63, 3.8) is 0 Å². The van der Waals surface area contributed by atoms with E-state index in [0.29, 0.717) is 11.5 Å². The molecule has 3 aromatic carbocycles. The van der Waals surface area contributed by atoms with Crippen LogP contribution in [0.25, 0.3) is 0 Å². The number of anilines is 2. The number of nitrogens with zero attached hydrogens (tertiary/aromatic N) is 3. The standard InChI is InChI=1S/C22H19N3O2/c1-26-22-16-18(12-13-21(22)27-15-14-23)17-24-25(19-8-4-2-5-9-19)20-10-6-3-7-11-20/h2-13,16-17H,15H2,1H3/b24-17-. The van der Waals surface area contributed by atoms with Gasteiger partial charge in [0.15, 0.2) is 18.1 Å². The smallest absolute Gasteiger partial charge is 0.174 e. The molecule has 0 aliphatic rings. The van der Waals surface area contributed by atoms with Crippen molar-refractivity contribution in [1.82, 2.24) is 0 Å². The topological polar surface area (TPSA) is 57.9 Å². The van der Waals surface area contributed by atoms with Gasteiger partial charge in [-0.25, -0.2) is 5.01 Å². The van der Waals surface area contributed by atoms with Crippen molar-refractivity contribution in [2.75, 3.05) is 18.7 Å². The maximum Gasteiger partial charge on any atom is 0.174 e. The fourth-order valence-electron chi connectivity index (χ4n) is 2.54. The molecule has 0 amide bonds. The number of benzene rings is 3. The predicted octanol–water partition coefficient (Wildman–Crippen LogP) is 4.77. The van der Waals surface area contributed by atoms with Gasteiger partial charge in [0.05, 0.1) is 24.7 Å². The molecule has 0 spiro atoms. The molecule has 0 bridgehead atoms. The summed E-state index contributed by atoms with van der Waals surface area (Å²) in [6, 6.07) is 27.3. The van der Waals surface area contributed by atoms with E-state index in [2.05, 4.69) is 5.10 Å². The highest BCUT2D eigenvalue weighted by Crippen LogP contribution is 2.28. The third-order valence-electron chi connectivity index (χ3n) is 3.80. The lowest BCUT2D eigenvalue weighted by Gasteiger charge is -2.19. The molecule has 0 aliphatic heterocycles. The van der Waals surface area contributed by atoms with Gasteiger partial charge in [-0.15, -0.1) is 0 Å². The van der Waals surface area contributed by atoms with Gasteiger partial charge in [0.25, 0.3) is 0 Å². The van der Waals surface area contributed by atoms with Crippen LogP contribution in [-0.2, 0) is 0 Å². The number of hydrogen-bond acceptors (Lipinski definition) is 5. The Balaban J connectivity index is 1.90. The monoisotopic (exact) mass is 357 g/mol. The van der Waals surface area contributed by atoms with Crippen molar-refractivity contribution in [2.45, 2.75) is 0 Å². The summed E-state index contributed by atoms with van der Waals surface area (Å²) in [6.45, 7) is -0.0282. The van der Waals surface area contributed by atoms with E-state index in [9.17, 15) is 0 Å². The van der Waals surface area contributed by atoms with Gasteiger partial charge in [-0.1, -0.05) is 36.4 Å². The lowest BCUT2D eigenvalue weighted by Crippen LogP contribution is -2.09. The third kappa shape index (κ3) is 4.65. The molecule has 0 heterocycles. The Bertz CT molecular complexity index is 895. The van der Waals surface area contributed by atoms with Crippen molar-refractivity contribution in [1.29, 1.82) is 5.26 Å². The molecule has 5 heteroatoms. The average molecular weight is 357 g/mol. The van der Waals surface area contributed by atoms with E-state index >= 15 is 0 Å². The number of para-hydroxylation sites is 2. The van der Waals surface area contributed by atoms with Gasteiger partial charge < -0.3 is 9.47 Å². The maximum atomic E-state index is 8.67. The number of ether oxygens (including phenoxy) is 2. The molecular formula is C22H19N3O2. The van der Waals surface area contributed by atoms with Crippen LogP contribution in [0.4, 0.5) is 11.4 Å². The first kappa shape index (κ1) is 18.0. The molecule has 0 atom stereocenters. The normalized spacial score (nSPS) is 10.4. The number of hydrogen-bond donors (Lipinski definition) is 0. The van der Waals surface area contributed by atoms with Crippen LogP contribution in [0, 0.1) is 11.3 Å². The molecule has 5 nitrogen and oxygen atoms in total. The second-order valence-corrected chi connectivity index (χ2v) is 5.58. The fraction of sp³-hybridized carbons (Fsp3) is 0.0909. The van der Waals surface area contributed by atoms with Crippen molar-refractivity contribution >= 4 is 17.6 Å². The SMILES string of the molecule is COc1cc(/C=N\N(c2ccccc2)c2ccccc2)ccc1OCC#N. The largest absolute Gasteiger partial charge is 0.493 e. The van der Waals surface area contributed by atoms with Crippen molar-refractivity contribution < 1.29 is 9.47 Å². The zero-order valence-corrected chi connectivity index (χ0v) is 14.9. The van der Waals surface area contributed by atoms with Crippen LogP contribution in [0.5, 0.6) is 11.5 Å². The Kier molecular flexibility index (Phi) is 6.05. The number of hydrazone groups is 1. The zero-order valence-electron chi connectivity index (χ0n) is 14.9. The highest BCUT2D eigenvalue weighted by molar-refractivity contribution is 5.83. The Labute approximate surface area is 158 Å². The number of methoxy groups -OCH3 is 1. The van der Waals surface area contributed by atoms with Gasteiger partial charge in [0.2, 0.25) is 0 Å². The van der Waals surface area contributed by atoms with Gasteiger partial charge in [-0.05, 0) is 48.0 Å². The zero-order chi connectivity index (χ0) is 18.9. The van der Waals surface area contributed by atoms with E-state index in [1.807, 2.05) is 83.9 Å². The third-order valence-corrected chi connectivity index (χ3v) is 3.80. The molecular weight excluding hydrogens is 338 g/mol. The van der Waals surface area contributed by atoms with E-state index in [1.54, 1.807) is 19.4 Å². The van der Waals surface area contributed by atoms with E-state index in [4.69, 9.17) is 14.7 Å². The second-order valence-electron chi connectivity index (χ2n) is 5.58. The van der Waals surface area contributed by atoms with E-state index in [1.165, 1.54) is 0 Å². The minimum atomic E-state index is -0.0282. The lowest BCUT2D eigenvalue weighted by atomic mass is 10.2. The molecule has 0 aromatic heterocycles. The average Bonchev–Trinajstić information content (AvgIpc) is 2.74. The van der Waals surface area contributed by atoms with Crippen molar-refractivity contribution in [3.05, 3.63) is 84.4 Å². The van der Waals surface area contributed by atoms with E-state index in [0.717, 1.165) is 16.9 Å². The quantitative estimate of drug-likeness (QED) is 0.451. The van der Waals surface area contributed by atoms with Crippen LogP contribution in [-0.4, -0.2) is 19.9 Å². The number of rotatable bonds is 7. The summed E-state index contributed by atoms with van der Waals surface area (Å²) in [7, 11) is 1.57. The fourth-order valence-corrected chi connectivity index (χ4v) is 2.54. The van der Waals surface area contributed by atoms with Gasteiger partial charge in [-0.3, -0.25) is 0 Å². The van der Waals surface area contributed by atoms with Crippen molar-refractivity contribution in [2.24, 2.45) is 5.10 Å². The van der Waals surface area contributed by atoms with Crippen LogP contribution in [0.15, 0.2) is 84.0 Å². The van der Waals surface area contributed by atoms with Crippen molar-refractivity contribution in [3.8, 4) is 17.6 Å². The Morgan fingerprint density at radius 1 is 0.926 bits per heavy atom. The van der Waals surface area contributed by atoms with Crippen LogP contribution < -0.4 is 14.5 Å². The minimum Gasteiger partial charge on any atom is -0.493 e. The summed E-state index contributed by atoms with van der Waals surface area (Å²) >= 11 is 0.